The second-order valence-electron chi connectivity index (χ2n) is 7.84. The molecule has 0 amide bonds. The van der Waals surface area contributed by atoms with Gasteiger partial charge in [0.25, 0.3) is 5.56 Å². The number of aryl methyl sites for hydroxylation is 1. The minimum atomic E-state index is -0.304. The van der Waals surface area contributed by atoms with E-state index in [1.165, 1.54) is 10.1 Å². The van der Waals surface area contributed by atoms with Crippen LogP contribution in [0.1, 0.15) is 43.0 Å². The molecule has 3 aromatic rings. The number of hydrogen-bond acceptors (Lipinski definition) is 4. The molecule has 0 fully saturated rings. The Labute approximate surface area is 185 Å². The van der Waals surface area contributed by atoms with Gasteiger partial charge in [0.1, 0.15) is 11.0 Å². The smallest absolute Gasteiger partial charge is 0.332 e. The fraction of sp³-hybridized carbons (Fsp3) is 0.391. The van der Waals surface area contributed by atoms with E-state index in [-0.39, 0.29) is 11.2 Å². The summed E-state index contributed by atoms with van der Waals surface area (Å²) in [5.41, 5.74) is 2.10. The third-order valence-corrected chi connectivity index (χ3v) is 5.70. The Kier molecular flexibility index (Phi) is 6.51. The van der Waals surface area contributed by atoms with Crippen molar-refractivity contribution in [3.05, 3.63) is 80.5 Å². The van der Waals surface area contributed by atoms with Gasteiger partial charge in [-0.05, 0) is 24.8 Å². The molecule has 7 nitrogen and oxygen atoms in total. The first-order valence-electron chi connectivity index (χ1n) is 10.7. The Morgan fingerprint density at radius 2 is 1.84 bits per heavy atom. The third-order valence-electron chi connectivity index (χ3n) is 5.49. The summed E-state index contributed by atoms with van der Waals surface area (Å²) in [4.78, 5) is 34.6. The molecule has 162 valence electrons. The zero-order chi connectivity index (χ0) is 21.8. The summed E-state index contributed by atoms with van der Waals surface area (Å²) in [5.74, 6) is 0.435. The molecule has 3 heterocycles. The van der Waals surface area contributed by atoms with Crippen molar-refractivity contribution in [1.29, 1.82) is 0 Å². The topological polar surface area (TPSA) is 74.2 Å². The molecule has 0 aliphatic carbocycles. The molecule has 0 bridgehead atoms. The van der Waals surface area contributed by atoms with Crippen LogP contribution in [0.25, 0.3) is 0 Å². The molecule has 1 aromatic carbocycles. The van der Waals surface area contributed by atoms with Crippen LogP contribution >= 0.6 is 11.6 Å². The van der Waals surface area contributed by atoms with Gasteiger partial charge in [-0.1, -0.05) is 55.3 Å². The van der Waals surface area contributed by atoms with Crippen LogP contribution in [0, 0.1) is 0 Å². The molecule has 1 aliphatic heterocycles. The van der Waals surface area contributed by atoms with Crippen molar-refractivity contribution in [2.45, 2.75) is 58.7 Å². The van der Waals surface area contributed by atoms with E-state index in [1.54, 1.807) is 4.57 Å². The molecular formula is C23H26ClN5O2. The molecule has 0 N–H and O–H groups in total. The molecule has 1 aliphatic rings. The first-order chi connectivity index (χ1) is 15.1. The summed E-state index contributed by atoms with van der Waals surface area (Å²) < 4.78 is 4.98. The van der Waals surface area contributed by atoms with Crippen molar-refractivity contribution in [1.82, 2.24) is 18.7 Å². The fourth-order valence-corrected chi connectivity index (χ4v) is 4.09. The molecule has 0 radical (unpaired) electrons. The summed E-state index contributed by atoms with van der Waals surface area (Å²) in [6.07, 6.45) is 7.27. The van der Waals surface area contributed by atoms with E-state index in [2.05, 4.69) is 29.0 Å². The predicted molar refractivity (Wildman–Crippen MR) is 123 cm³/mol. The number of rotatable bonds is 9. The summed E-state index contributed by atoms with van der Waals surface area (Å²) >= 11 is 6.08. The number of aromatic nitrogens is 4. The minimum absolute atomic E-state index is 0.276. The average molecular weight is 440 g/mol. The van der Waals surface area contributed by atoms with E-state index in [0.29, 0.717) is 48.9 Å². The summed E-state index contributed by atoms with van der Waals surface area (Å²) in [7, 11) is 0. The highest BCUT2D eigenvalue weighted by molar-refractivity contribution is 6.66. The molecular weight excluding hydrogens is 414 g/mol. The molecule has 0 unspecified atom stereocenters. The van der Waals surface area contributed by atoms with Gasteiger partial charge < -0.3 is 4.57 Å². The quantitative estimate of drug-likeness (QED) is 0.512. The van der Waals surface area contributed by atoms with Crippen molar-refractivity contribution < 1.29 is 0 Å². The zero-order valence-electron chi connectivity index (χ0n) is 17.6. The molecule has 8 heteroatoms. The predicted octanol–water partition coefficient (Wildman–Crippen LogP) is 3.51. The number of nitrogens with zero attached hydrogens (tertiary/aromatic N) is 5. The van der Waals surface area contributed by atoms with Crippen LogP contribution < -0.4 is 11.2 Å². The second-order valence-corrected chi connectivity index (χ2v) is 8.27. The van der Waals surface area contributed by atoms with Crippen molar-refractivity contribution in [2.75, 3.05) is 0 Å². The lowest BCUT2D eigenvalue weighted by molar-refractivity contribution is 0.519. The van der Waals surface area contributed by atoms with E-state index < -0.39 is 0 Å². The number of halogens is 1. The molecule has 31 heavy (non-hydrogen) atoms. The summed E-state index contributed by atoms with van der Waals surface area (Å²) in [6.45, 7) is 3.71. The van der Waals surface area contributed by atoms with Crippen molar-refractivity contribution in [3.8, 4) is 0 Å². The maximum atomic E-state index is 13.0. The number of imidazole rings is 1. The van der Waals surface area contributed by atoms with Gasteiger partial charge >= 0.3 is 5.69 Å². The third kappa shape index (κ3) is 4.71. The van der Waals surface area contributed by atoms with Gasteiger partial charge in [-0.25, -0.2) is 14.8 Å². The van der Waals surface area contributed by atoms with Gasteiger partial charge in [0.2, 0.25) is 0 Å². The van der Waals surface area contributed by atoms with Crippen LogP contribution in [0.4, 0.5) is 5.82 Å². The Morgan fingerprint density at radius 1 is 1.06 bits per heavy atom. The van der Waals surface area contributed by atoms with Crippen LogP contribution in [0.15, 0.2) is 57.4 Å². The fourth-order valence-electron chi connectivity index (χ4n) is 3.88. The molecule has 0 saturated heterocycles. The number of benzene rings is 1. The van der Waals surface area contributed by atoms with Crippen LogP contribution in [-0.2, 0) is 32.5 Å². The van der Waals surface area contributed by atoms with Crippen LogP contribution in [-0.4, -0.2) is 23.9 Å². The number of hydrogen-bond donors (Lipinski definition) is 0. The molecule has 0 atom stereocenters. The van der Waals surface area contributed by atoms with Gasteiger partial charge in [0.05, 0.1) is 17.6 Å². The number of fused-ring (bicyclic) bond motifs is 1. The highest BCUT2D eigenvalue weighted by Crippen LogP contribution is 2.24. The first kappa shape index (κ1) is 21.3. The highest BCUT2D eigenvalue weighted by Gasteiger charge is 2.24. The van der Waals surface area contributed by atoms with Crippen molar-refractivity contribution >= 4 is 22.6 Å². The van der Waals surface area contributed by atoms with Crippen LogP contribution in [0.3, 0.4) is 0 Å². The molecule has 4 rings (SSSR count). The Morgan fingerprint density at radius 3 is 2.61 bits per heavy atom. The lowest BCUT2D eigenvalue weighted by atomic mass is 10.2. The highest BCUT2D eigenvalue weighted by atomic mass is 35.5. The van der Waals surface area contributed by atoms with Crippen LogP contribution in [0.2, 0.25) is 0 Å². The maximum Gasteiger partial charge on any atom is 0.332 e. The summed E-state index contributed by atoms with van der Waals surface area (Å²) in [5, 5.41) is 0.360. The van der Waals surface area contributed by atoms with E-state index in [9.17, 15) is 9.59 Å². The molecule has 2 aromatic heterocycles. The van der Waals surface area contributed by atoms with Crippen LogP contribution in [0.5, 0.6) is 0 Å². The summed E-state index contributed by atoms with van der Waals surface area (Å²) in [6, 6.07) is 10.2. The largest absolute Gasteiger partial charge is 0.333 e. The Balaban J connectivity index is 1.46. The van der Waals surface area contributed by atoms with Crippen molar-refractivity contribution in [2.24, 2.45) is 4.99 Å². The monoisotopic (exact) mass is 439 g/mol. The lowest BCUT2D eigenvalue weighted by Crippen LogP contribution is -2.41. The lowest BCUT2D eigenvalue weighted by Gasteiger charge is -2.13. The molecule has 0 spiro atoms. The maximum absolute atomic E-state index is 13.0. The zero-order valence-corrected chi connectivity index (χ0v) is 18.4. The minimum Gasteiger partial charge on any atom is -0.333 e. The Bertz CT molecular complexity index is 1210. The van der Waals surface area contributed by atoms with E-state index in [0.717, 1.165) is 25.1 Å². The van der Waals surface area contributed by atoms with Gasteiger partial charge in [-0.2, -0.15) is 0 Å². The van der Waals surface area contributed by atoms with Crippen molar-refractivity contribution in [3.63, 3.8) is 0 Å². The van der Waals surface area contributed by atoms with Gasteiger partial charge in [-0.3, -0.25) is 13.9 Å². The standard InChI is InChI=1S/C23H26ClN5O2/c1-2-3-11-28-21-19(13-20(24)26-21)22(30)29(23(28)31)12-7-10-18-15-27(16-25-18)14-17-8-5-4-6-9-17/h4-6,8-9,15-16H,2-3,7,10-14H2,1H3. The number of unbranched alkanes of at least 4 members (excludes halogenated alkanes) is 1. The molecule has 0 saturated carbocycles. The second kappa shape index (κ2) is 9.47. The number of aliphatic imine (C=N–C) groups is 1. The normalized spacial score (nSPS) is 12.8. The van der Waals surface area contributed by atoms with Gasteiger partial charge in [-0.15, -0.1) is 0 Å². The SMILES string of the molecule is CCCCn1c2c(c(=O)n(CCCc3cn(Cc4ccccc4)cn3)c1=O)CC(Cl)=N2. The Hall–Kier alpha value is -2.93. The van der Waals surface area contributed by atoms with E-state index >= 15 is 0 Å². The first-order valence-corrected chi connectivity index (χ1v) is 11.1. The van der Waals surface area contributed by atoms with Gasteiger partial charge in [0.15, 0.2) is 0 Å². The average Bonchev–Trinajstić information content (AvgIpc) is 3.37. The van der Waals surface area contributed by atoms with Gasteiger partial charge in [0, 0.05) is 32.3 Å². The van der Waals surface area contributed by atoms with E-state index in [1.807, 2.05) is 35.3 Å². The van der Waals surface area contributed by atoms with E-state index in [4.69, 9.17) is 11.6 Å².